The van der Waals surface area contributed by atoms with Crippen LogP contribution in [-0.2, 0) is 19.5 Å². The van der Waals surface area contributed by atoms with Crippen LogP contribution in [0.3, 0.4) is 0 Å². The fourth-order valence-electron chi connectivity index (χ4n) is 3.68. The lowest BCUT2D eigenvalue weighted by atomic mass is 9.90. The monoisotopic (exact) mass is 438 g/mol. The van der Waals surface area contributed by atoms with Crippen LogP contribution in [0.5, 0.6) is 5.75 Å². The van der Waals surface area contributed by atoms with E-state index in [9.17, 15) is 13.5 Å². The van der Waals surface area contributed by atoms with Crippen molar-refractivity contribution in [2.45, 2.75) is 17.2 Å². The van der Waals surface area contributed by atoms with E-state index in [1.165, 1.54) is 11.3 Å². The first kappa shape index (κ1) is 20.6. The first-order valence-electron chi connectivity index (χ1n) is 9.62. The smallest absolute Gasteiger partial charge is 0.252 e. The molecule has 0 unspecified atom stereocenters. The van der Waals surface area contributed by atoms with Crippen LogP contribution in [0.2, 0.25) is 0 Å². The first-order chi connectivity index (χ1) is 13.9. The summed E-state index contributed by atoms with van der Waals surface area (Å²) < 4.78 is 39.2. The predicted molar refractivity (Wildman–Crippen MR) is 112 cm³/mol. The summed E-state index contributed by atoms with van der Waals surface area (Å²) in [7, 11) is -3.50. The summed E-state index contributed by atoms with van der Waals surface area (Å²) in [6.07, 6.45) is 0. The molecule has 4 rings (SSSR count). The molecule has 1 atom stereocenters. The lowest BCUT2D eigenvalue weighted by molar-refractivity contribution is -0.139. The van der Waals surface area contributed by atoms with E-state index >= 15 is 0 Å². The number of rotatable bonds is 7. The van der Waals surface area contributed by atoms with Crippen molar-refractivity contribution in [3.63, 3.8) is 0 Å². The Hall–Kier alpha value is -1.65. The minimum Gasteiger partial charge on any atom is -0.508 e. The average molecular weight is 439 g/mol. The van der Waals surface area contributed by atoms with Crippen molar-refractivity contribution in [1.82, 2.24) is 4.31 Å². The zero-order valence-electron chi connectivity index (χ0n) is 16.4. The number of nitrogens with zero attached hydrogens (tertiary/aromatic N) is 2. The van der Waals surface area contributed by atoms with Gasteiger partial charge in [0.05, 0.1) is 32.5 Å². The topological polar surface area (TPSA) is 79.3 Å². The molecule has 0 bridgehead atoms. The van der Waals surface area contributed by atoms with Crippen LogP contribution in [0.15, 0.2) is 46.0 Å². The molecule has 3 heterocycles. The number of sulfonamides is 1. The fourth-order valence-corrected chi connectivity index (χ4v) is 6.30. The van der Waals surface area contributed by atoms with Crippen molar-refractivity contribution in [1.29, 1.82) is 0 Å². The highest BCUT2D eigenvalue weighted by Gasteiger charge is 2.37. The van der Waals surface area contributed by atoms with E-state index in [1.54, 1.807) is 34.0 Å². The maximum Gasteiger partial charge on any atom is 0.252 e. The number of ether oxygens (including phenoxy) is 2. The highest BCUT2D eigenvalue weighted by atomic mass is 32.2. The molecule has 2 aliphatic rings. The quantitative estimate of drug-likeness (QED) is 0.715. The maximum absolute atomic E-state index is 13.0. The summed E-state index contributed by atoms with van der Waals surface area (Å²) in [6.45, 7) is 5.85. The van der Waals surface area contributed by atoms with Gasteiger partial charge in [0.1, 0.15) is 9.96 Å². The van der Waals surface area contributed by atoms with Crippen molar-refractivity contribution >= 4 is 27.0 Å². The van der Waals surface area contributed by atoms with Crippen molar-refractivity contribution in [2.24, 2.45) is 5.41 Å². The Morgan fingerprint density at radius 3 is 2.62 bits per heavy atom. The van der Waals surface area contributed by atoms with Crippen molar-refractivity contribution in [2.75, 3.05) is 51.0 Å². The molecule has 2 saturated heterocycles. The Kier molecular flexibility index (Phi) is 5.85. The second kappa shape index (κ2) is 8.23. The number of piperazine rings is 1. The standard InChI is InChI=1S/C20H26N2O5S2/c1-20(14-27-15-20)13-26-12-17-11-21(29(24,25)19-3-2-10-28-19)8-9-22(17)16-4-6-18(23)7-5-16/h2-7,10,17,23H,8-9,11-15H2,1H3/t17-/m1/s1. The normalized spacial score (nSPS) is 22.4. The summed E-state index contributed by atoms with van der Waals surface area (Å²) in [5.74, 6) is 0.207. The van der Waals surface area contributed by atoms with Crippen LogP contribution in [0.25, 0.3) is 0 Å². The number of hydrogen-bond donors (Lipinski definition) is 1. The number of phenols is 1. The van der Waals surface area contributed by atoms with E-state index in [2.05, 4.69) is 11.8 Å². The highest BCUT2D eigenvalue weighted by molar-refractivity contribution is 7.91. The molecule has 1 N–H and O–H groups in total. The molecule has 0 amide bonds. The molecule has 9 heteroatoms. The van der Waals surface area contributed by atoms with Crippen LogP contribution in [-0.4, -0.2) is 69.9 Å². The molecule has 0 aliphatic carbocycles. The van der Waals surface area contributed by atoms with Crippen LogP contribution < -0.4 is 4.90 Å². The largest absolute Gasteiger partial charge is 0.508 e. The second-order valence-electron chi connectivity index (χ2n) is 7.98. The van der Waals surface area contributed by atoms with Gasteiger partial charge >= 0.3 is 0 Å². The summed E-state index contributed by atoms with van der Waals surface area (Å²) in [5, 5.41) is 11.4. The third-order valence-electron chi connectivity index (χ3n) is 5.38. The summed E-state index contributed by atoms with van der Waals surface area (Å²) in [5.41, 5.74) is 0.989. The third kappa shape index (κ3) is 4.44. The number of thiophene rings is 1. The Morgan fingerprint density at radius 1 is 1.24 bits per heavy atom. The Morgan fingerprint density at radius 2 is 2.00 bits per heavy atom. The van der Waals surface area contributed by atoms with Gasteiger partial charge in [-0.25, -0.2) is 8.42 Å². The molecule has 2 aromatic rings. The number of phenolic OH excluding ortho intramolecular Hbond substituents is 1. The second-order valence-corrected chi connectivity index (χ2v) is 11.1. The summed E-state index contributed by atoms with van der Waals surface area (Å²) in [6, 6.07) is 10.3. The molecular formula is C20H26N2O5S2. The van der Waals surface area contributed by atoms with E-state index < -0.39 is 10.0 Å². The Bertz CT molecular complexity index is 911. The summed E-state index contributed by atoms with van der Waals surface area (Å²) >= 11 is 1.24. The van der Waals surface area contributed by atoms with Crippen molar-refractivity contribution < 1.29 is 23.0 Å². The minimum atomic E-state index is -3.50. The molecule has 158 valence electrons. The SMILES string of the molecule is CC1(COC[C@H]2CN(S(=O)(=O)c3cccs3)CCN2c2ccc(O)cc2)COC1. The van der Waals surface area contributed by atoms with Crippen LogP contribution >= 0.6 is 11.3 Å². The first-order valence-corrected chi connectivity index (χ1v) is 11.9. The lowest BCUT2D eigenvalue weighted by Crippen LogP contribution is -2.57. The van der Waals surface area contributed by atoms with E-state index in [4.69, 9.17) is 9.47 Å². The van der Waals surface area contributed by atoms with Crippen molar-refractivity contribution in [3.8, 4) is 5.75 Å². The minimum absolute atomic E-state index is 0.0424. The third-order valence-corrected chi connectivity index (χ3v) is 8.62. The van der Waals surface area contributed by atoms with Gasteiger partial charge in [-0.2, -0.15) is 4.31 Å². The molecule has 1 aromatic heterocycles. The number of hydrogen-bond acceptors (Lipinski definition) is 7. The van der Waals surface area contributed by atoms with Gasteiger partial charge in [0.2, 0.25) is 0 Å². The maximum atomic E-state index is 13.0. The number of benzene rings is 1. The molecule has 1 aromatic carbocycles. The Labute approximate surface area is 175 Å². The van der Waals surface area contributed by atoms with E-state index in [0.29, 0.717) is 50.3 Å². The van der Waals surface area contributed by atoms with E-state index in [1.807, 2.05) is 12.1 Å². The molecule has 2 fully saturated rings. The zero-order chi connectivity index (χ0) is 20.5. The molecule has 2 aliphatic heterocycles. The molecule has 29 heavy (non-hydrogen) atoms. The highest BCUT2D eigenvalue weighted by Crippen LogP contribution is 2.29. The van der Waals surface area contributed by atoms with Gasteiger partial charge in [0.15, 0.2) is 0 Å². The zero-order valence-corrected chi connectivity index (χ0v) is 18.0. The molecular weight excluding hydrogens is 412 g/mol. The molecule has 7 nitrogen and oxygen atoms in total. The van der Waals surface area contributed by atoms with Gasteiger partial charge in [0.25, 0.3) is 10.0 Å². The van der Waals surface area contributed by atoms with Crippen LogP contribution in [0.4, 0.5) is 5.69 Å². The van der Waals surface area contributed by atoms with Crippen molar-refractivity contribution in [3.05, 3.63) is 41.8 Å². The predicted octanol–water partition coefficient (Wildman–Crippen LogP) is 2.39. The van der Waals surface area contributed by atoms with Gasteiger partial charge in [-0.15, -0.1) is 11.3 Å². The Balaban J connectivity index is 1.50. The number of anilines is 1. The van der Waals surface area contributed by atoms with Gasteiger partial charge in [0, 0.05) is 30.7 Å². The van der Waals surface area contributed by atoms with Gasteiger partial charge in [-0.1, -0.05) is 13.0 Å². The molecule has 0 radical (unpaired) electrons. The van der Waals surface area contributed by atoms with E-state index in [0.717, 1.165) is 5.69 Å². The fraction of sp³-hybridized carbons (Fsp3) is 0.500. The lowest BCUT2D eigenvalue weighted by Gasteiger charge is -2.43. The van der Waals surface area contributed by atoms with Gasteiger partial charge in [-0.3, -0.25) is 0 Å². The number of aromatic hydroxyl groups is 1. The van der Waals surface area contributed by atoms with Crippen LogP contribution in [0.1, 0.15) is 6.92 Å². The van der Waals surface area contributed by atoms with Crippen LogP contribution in [0, 0.1) is 5.41 Å². The molecule has 0 saturated carbocycles. The van der Waals surface area contributed by atoms with Gasteiger partial charge in [-0.05, 0) is 35.7 Å². The van der Waals surface area contributed by atoms with E-state index in [-0.39, 0.29) is 17.2 Å². The average Bonchev–Trinajstić information content (AvgIpc) is 3.23. The van der Waals surface area contributed by atoms with Gasteiger partial charge < -0.3 is 19.5 Å². The summed E-state index contributed by atoms with van der Waals surface area (Å²) in [4.78, 5) is 2.17. The molecule has 0 spiro atoms.